The van der Waals surface area contributed by atoms with Crippen LogP contribution in [0.5, 0.6) is 5.75 Å². The van der Waals surface area contributed by atoms with Crippen molar-refractivity contribution in [2.45, 2.75) is 18.2 Å². The molecule has 2 N–H and O–H groups in total. The SMILES string of the molecule is COc1ccc(CN=C(Nc2ccc(Cl)cc2)S[C@H]2CC(=O)N(c3ccc(C(=O)O)cc3)C2=O)cc1. The Balaban J connectivity index is 1.53. The van der Waals surface area contributed by atoms with Crippen LogP contribution < -0.4 is 15.0 Å². The Labute approximate surface area is 216 Å². The van der Waals surface area contributed by atoms with Gasteiger partial charge in [0.2, 0.25) is 11.8 Å². The number of hydrogen-bond donors (Lipinski definition) is 2. The molecule has 1 aliphatic rings. The molecule has 3 aromatic rings. The number of carboxylic acids is 1. The van der Waals surface area contributed by atoms with Crippen molar-refractivity contribution in [3.63, 3.8) is 0 Å². The third-order valence-corrected chi connectivity index (χ3v) is 6.75. The summed E-state index contributed by atoms with van der Waals surface area (Å²) in [5.41, 5.74) is 2.09. The maximum Gasteiger partial charge on any atom is 0.335 e. The molecule has 10 heteroatoms. The van der Waals surface area contributed by atoms with Gasteiger partial charge >= 0.3 is 5.97 Å². The molecule has 0 aliphatic carbocycles. The van der Waals surface area contributed by atoms with E-state index in [-0.39, 0.29) is 23.8 Å². The van der Waals surface area contributed by atoms with Gasteiger partial charge in [0, 0.05) is 17.1 Å². The minimum absolute atomic E-state index is 0.00592. The number of amides is 2. The number of thioether (sulfide) groups is 1. The molecular weight excluding hydrogens is 502 g/mol. The number of amidine groups is 1. The van der Waals surface area contributed by atoms with E-state index in [0.29, 0.717) is 22.4 Å². The summed E-state index contributed by atoms with van der Waals surface area (Å²) in [6.07, 6.45) is -0.00592. The van der Waals surface area contributed by atoms with Crippen LogP contribution in [0.3, 0.4) is 0 Å². The third-order valence-electron chi connectivity index (χ3n) is 5.39. The monoisotopic (exact) mass is 523 g/mol. The second kappa shape index (κ2) is 11.3. The molecule has 3 aromatic carbocycles. The third kappa shape index (κ3) is 6.05. The Bertz CT molecular complexity index is 1290. The van der Waals surface area contributed by atoms with Crippen molar-refractivity contribution in [2.24, 2.45) is 4.99 Å². The number of aromatic carboxylic acids is 1. The molecule has 0 spiro atoms. The van der Waals surface area contributed by atoms with E-state index in [9.17, 15) is 14.4 Å². The summed E-state index contributed by atoms with van der Waals surface area (Å²) >= 11 is 7.17. The normalized spacial score (nSPS) is 15.8. The molecule has 36 heavy (non-hydrogen) atoms. The molecule has 1 aliphatic heterocycles. The fourth-order valence-corrected chi connectivity index (χ4v) is 4.66. The number of anilines is 2. The van der Waals surface area contributed by atoms with Gasteiger partial charge in [-0.1, -0.05) is 35.5 Å². The first-order valence-electron chi connectivity index (χ1n) is 10.9. The summed E-state index contributed by atoms with van der Waals surface area (Å²) in [4.78, 5) is 42.8. The number of carbonyl (C=O) groups is 3. The molecule has 184 valence electrons. The highest BCUT2D eigenvalue weighted by molar-refractivity contribution is 8.15. The second-order valence-corrected chi connectivity index (χ2v) is 9.46. The lowest BCUT2D eigenvalue weighted by Crippen LogP contribution is -2.31. The Kier molecular flexibility index (Phi) is 7.92. The van der Waals surface area contributed by atoms with Crippen molar-refractivity contribution in [1.82, 2.24) is 0 Å². The number of aliphatic imine (C=N–C) groups is 1. The van der Waals surface area contributed by atoms with Crippen molar-refractivity contribution in [1.29, 1.82) is 0 Å². The van der Waals surface area contributed by atoms with Gasteiger partial charge in [0.05, 0.1) is 24.9 Å². The van der Waals surface area contributed by atoms with Crippen LogP contribution in [-0.4, -0.2) is 40.4 Å². The van der Waals surface area contributed by atoms with Crippen molar-refractivity contribution < 1.29 is 24.2 Å². The van der Waals surface area contributed by atoms with Crippen LogP contribution in [0, 0.1) is 0 Å². The first-order chi connectivity index (χ1) is 17.3. The van der Waals surface area contributed by atoms with Gasteiger partial charge in [0.25, 0.3) is 0 Å². The quantitative estimate of drug-likeness (QED) is 0.252. The number of halogens is 1. The fourth-order valence-electron chi connectivity index (χ4n) is 3.51. The second-order valence-electron chi connectivity index (χ2n) is 7.83. The first kappa shape index (κ1) is 25.3. The Morgan fingerprint density at radius 1 is 1.08 bits per heavy atom. The predicted molar refractivity (Wildman–Crippen MR) is 141 cm³/mol. The van der Waals surface area contributed by atoms with E-state index in [0.717, 1.165) is 21.9 Å². The molecule has 1 atom stereocenters. The minimum atomic E-state index is -1.08. The molecule has 1 fully saturated rings. The lowest BCUT2D eigenvalue weighted by atomic mass is 10.2. The zero-order chi connectivity index (χ0) is 25.7. The van der Waals surface area contributed by atoms with Crippen molar-refractivity contribution >= 4 is 57.7 Å². The lowest BCUT2D eigenvalue weighted by Gasteiger charge is -2.16. The van der Waals surface area contributed by atoms with Crippen molar-refractivity contribution in [3.05, 3.63) is 88.9 Å². The van der Waals surface area contributed by atoms with Crippen LogP contribution in [0.1, 0.15) is 22.3 Å². The largest absolute Gasteiger partial charge is 0.497 e. The average Bonchev–Trinajstić information content (AvgIpc) is 3.16. The maximum atomic E-state index is 13.2. The minimum Gasteiger partial charge on any atom is -0.497 e. The zero-order valence-electron chi connectivity index (χ0n) is 19.2. The number of carboxylic acid groups (broad SMARTS) is 1. The summed E-state index contributed by atoms with van der Waals surface area (Å²) in [5.74, 6) is -1.09. The highest BCUT2D eigenvalue weighted by atomic mass is 35.5. The predicted octanol–water partition coefficient (Wildman–Crippen LogP) is 5.08. The van der Waals surface area contributed by atoms with E-state index in [1.807, 2.05) is 24.3 Å². The number of nitrogens with one attached hydrogen (secondary N) is 1. The van der Waals surface area contributed by atoms with Gasteiger partial charge in [0.1, 0.15) is 11.0 Å². The van der Waals surface area contributed by atoms with Crippen molar-refractivity contribution in [3.8, 4) is 5.75 Å². The zero-order valence-corrected chi connectivity index (χ0v) is 20.8. The molecule has 0 aromatic heterocycles. The molecule has 0 saturated carbocycles. The molecule has 1 saturated heterocycles. The van der Waals surface area contributed by atoms with Gasteiger partial charge in [0.15, 0.2) is 5.17 Å². The van der Waals surface area contributed by atoms with Crippen LogP contribution in [0.4, 0.5) is 11.4 Å². The van der Waals surface area contributed by atoms with Gasteiger partial charge in [-0.25, -0.2) is 9.69 Å². The highest BCUT2D eigenvalue weighted by Crippen LogP contribution is 2.31. The molecule has 1 heterocycles. The highest BCUT2D eigenvalue weighted by Gasteiger charge is 2.40. The molecule has 0 bridgehead atoms. The average molecular weight is 524 g/mol. The van der Waals surface area contributed by atoms with Crippen LogP contribution >= 0.6 is 23.4 Å². The summed E-state index contributed by atoms with van der Waals surface area (Å²) in [6.45, 7) is 0.349. The van der Waals surface area contributed by atoms with Crippen LogP contribution in [0.15, 0.2) is 77.8 Å². The number of carbonyl (C=O) groups excluding carboxylic acids is 2. The molecule has 8 nitrogen and oxygen atoms in total. The summed E-state index contributed by atoms with van der Waals surface area (Å²) in [7, 11) is 1.60. The number of hydrogen-bond acceptors (Lipinski definition) is 6. The summed E-state index contributed by atoms with van der Waals surface area (Å²) < 4.78 is 5.19. The molecule has 2 amide bonds. The van der Waals surface area contributed by atoms with Gasteiger partial charge < -0.3 is 15.2 Å². The first-order valence-corrected chi connectivity index (χ1v) is 12.2. The van der Waals surface area contributed by atoms with Crippen LogP contribution in [-0.2, 0) is 16.1 Å². The Morgan fingerprint density at radius 2 is 1.75 bits per heavy atom. The molecule has 0 unspecified atom stereocenters. The summed E-state index contributed by atoms with van der Waals surface area (Å²) in [6, 6.07) is 20.2. The molecular formula is C26H22ClN3O5S. The molecule has 4 rings (SSSR count). The standard InChI is InChI=1S/C26H22ClN3O5S/c1-35-21-12-2-16(3-13-21)15-28-26(29-19-8-6-18(27)7-9-19)36-22-14-23(31)30(24(22)32)20-10-4-17(5-11-20)25(33)34/h2-13,22H,14-15H2,1H3,(H,28,29)(H,33,34)/t22-/m0/s1. The van der Waals surface area contributed by atoms with Crippen molar-refractivity contribution in [2.75, 3.05) is 17.3 Å². The van der Waals surface area contributed by atoms with Crippen LogP contribution in [0.2, 0.25) is 5.02 Å². The summed E-state index contributed by atoms with van der Waals surface area (Å²) in [5, 5.41) is 12.7. The Morgan fingerprint density at radius 3 is 2.36 bits per heavy atom. The van der Waals surface area contributed by atoms with E-state index in [1.165, 1.54) is 36.0 Å². The van der Waals surface area contributed by atoms with E-state index in [4.69, 9.17) is 21.4 Å². The van der Waals surface area contributed by atoms with E-state index in [1.54, 1.807) is 31.4 Å². The number of ether oxygens (including phenoxy) is 1. The van der Waals surface area contributed by atoms with E-state index in [2.05, 4.69) is 10.3 Å². The van der Waals surface area contributed by atoms with Gasteiger partial charge in [-0.05, 0) is 66.2 Å². The van der Waals surface area contributed by atoms with Gasteiger partial charge in [-0.15, -0.1) is 0 Å². The Hall–Kier alpha value is -3.82. The van der Waals surface area contributed by atoms with E-state index < -0.39 is 11.2 Å². The smallest absolute Gasteiger partial charge is 0.335 e. The van der Waals surface area contributed by atoms with Gasteiger partial charge in [-0.2, -0.15) is 0 Å². The fraction of sp³-hybridized carbons (Fsp3) is 0.154. The topological polar surface area (TPSA) is 108 Å². The maximum absolute atomic E-state index is 13.2. The van der Waals surface area contributed by atoms with Gasteiger partial charge in [-0.3, -0.25) is 14.6 Å². The number of nitrogens with zero attached hydrogens (tertiary/aromatic N) is 2. The number of imide groups is 1. The molecule has 0 radical (unpaired) electrons. The number of benzene rings is 3. The van der Waals surface area contributed by atoms with E-state index >= 15 is 0 Å². The number of rotatable bonds is 7. The lowest BCUT2D eigenvalue weighted by molar-refractivity contribution is -0.121. The number of methoxy groups -OCH3 is 1. The van der Waals surface area contributed by atoms with Crippen LogP contribution in [0.25, 0.3) is 0 Å².